The molecule has 9 heteroatoms. The molecule has 0 fully saturated rings. The van der Waals surface area contributed by atoms with Crippen molar-refractivity contribution in [1.82, 2.24) is 15.3 Å². The highest BCUT2D eigenvalue weighted by Gasteiger charge is 2.35. The Labute approximate surface area is 147 Å². The van der Waals surface area contributed by atoms with Crippen LogP contribution < -0.4 is 5.32 Å². The maximum Gasteiger partial charge on any atom is 0.451 e. The second-order valence-electron chi connectivity index (χ2n) is 5.70. The van der Waals surface area contributed by atoms with E-state index in [9.17, 15) is 22.8 Å². The summed E-state index contributed by atoms with van der Waals surface area (Å²) in [5.74, 6) is -3.49. The van der Waals surface area contributed by atoms with Crippen LogP contribution in [0.1, 0.15) is 45.6 Å². The number of hydrogen-bond acceptors (Lipinski definition) is 4. The van der Waals surface area contributed by atoms with E-state index in [1.807, 2.05) is 0 Å². The van der Waals surface area contributed by atoms with Crippen LogP contribution in [0.25, 0.3) is 0 Å². The number of hydrogen-bond donors (Lipinski definition) is 2. The van der Waals surface area contributed by atoms with Gasteiger partial charge in [0.25, 0.3) is 5.91 Å². The Morgan fingerprint density at radius 2 is 1.85 bits per heavy atom. The fourth-order valence-corrected chi connectivity index (χ4v) is 2.43. The summed E-state index contributed by atoms with van der Waals surface area (Å²) in [7, 11) is 0. The minimum absolute atomic E-state index is 0.0249. The smallest absolute Gasteiger partial charge is 0.451 e. The lowest BCUT2D eigenvalue weighted by molar-refractivity contribution is -0.145. The van der Waals surface area contributed by atoms with Gasteiger partial charge in [0.1, 0.15) is 5.69 Å². The molecule has 0 aliphatic carbocycles. The minimum Gasteiger partial charge on any atom is -0.481 e. The van der Waals surface area contributed by atoms with Crippen LogP contribution in [0.3, 0.4) is 0 Å². The lowest BCUT2D eigenvalue weighted by Crippen LogP contribution is -2.32. The summed E-state index contributed by atoms with van der Waals surface area (Å²) in [4.78, 5) is 30.1. The van der Waals surface area contributed by atoms with Crippen molar-refractivity contribution in [3.63, 3.8) is 0 Å². The predicted octanol–water partition coefficient (Wildman–Crippen LogP) is 3.06. The van der Waals surface area contributed by atoms with Gasteiger partial charge in [-0.1, -0.05) is 24.3 Å². The van der Waals surface area contributed by atoms with Crippen molar-refractivity contribution in [1.29, 1.82) is 0 Å². The van der Waals surface area contributed by atoms with Crippen LogP contribution in [0.2, 0.25) is 0 Å². The van der Waals surface area contributed by atoms with Crippen molar-refractivity contribution in [3.8, 4) is 0 Å². The lowest BCUT2D eigenvalue weighted by atomic mass is 9.98. The predicted molar refractivity (Wildman–Crippen MR) is 85.4 cm³/mol. The Bertz CT molecular complexity index is 837. The van der Waals surface area contributed by atoms with Crippen molar-refractivity contribution < 1.29 is 27.9 Å². The molecule has 2 aromatic rings. The first-order valence-electron chi connectivity index (χ1n) is 7.59. The molecular formula is C17H16F3N3O3. The molecule has 0 radical (unpaired) electrons. The molecule has 0 saturated carbocycles. The number of carbonyl (C=O) groups is 2. The molecule has 0 saturated heterocycles. The minimum atomic E-state index is -4.79. The molecule has 2 rings (SSSR count). The third-order valence-electron chi connectivity index (χ3n) is 3.59. The Kier molecular flexibility index (Phi) is 5.59. The number of carbonyl (C=O) groups excluding carboxylic acids is 1. The largest absolute Gasteiger partial charge is 0.481 e. The van der Waals surface area contributed by atoms with Crippen LogP contribution in [0.5, 0.6) is 0 Å². The summed E-state index contributed by atoms with van der Waals surface area (Å²) < 4.78 is 38.5. The molecule has 138 valence electrons. The average Bonchev–Trinajstić information content (AvgIpc) is 2.52. The number of aromatic nitrogens is 2. The van der Waals surface area contributed by atoms with E-state index in [2.05, 4.69) is 15.3 Å². The molecule has 6 nitrogen and oxygen atoms in total. The van der Waals surface area contributed by atoms with Gasteiger partial charge in [-0.05, 0) is 31.0 Å². The molecule has 26 heavy (non-hydrogen) atoms. The number of aryl methyl sites for hydroxylation is 2. The molecule has 0 aliphatic rings. The van der Waals surface area contributed by atoms with Gasteiger partial charge in [-0.15, -0.1) is 0 Å². The summed E-state index contributed by atoms with van der Waals surface area (Å²) >= 11 is 0. The van der Waals surface area contributed by atoms with Gasteiger partial charge >= 0.3 is 12.1 Å². The number of alkyl halides is 3. The van der Waals surface area contributed by atoms with Crippen LogP contribution in [-0.2, 0) is 11.0 Å². The summed E-state index contributed by atoms with van der Waals surface area (Å²) in [5.41, 5.74) is 0.802. The Balaban J connectivity index is 2.34. The molecule has 2 N–H and O–H groups in total. The van der Waals surface area contributed by atoms with E-state index in [4.69, 9.17) is 5.11 Å². The van der Waals surface area contributed by atoms with Crippen LogP contribution in [-0.4, -0.2) is 27.0 Å². The fraction of sp³-hybridized carbons (Fsp3) is 0.294. The zero-order chi connectivity index (χ0) is 19.5. The van der Waals surface area contributed by atoms with Gasteiger partial charge in [0.2, 0.25) is 5.82 Å². The van der Waals surface area contributed by atoms with E-state index in [0.717, 1.165) is 11.6 Å². The summed E-state index contributed by atoms with van der Waals surface area (Å²) in [5, 5.41) is 11.5. The summed E-state index contributed by atoms with van der Waals surface area (Å²) in [6.45, 7) is 3.05. The van der Waals surface area contributed by atoms with Crippen molar-refractivity contribution in [3.05, 3.63) is 58.7 Å². The molecule has 0 spiro atoms. The van der Waals surface area contributed by atoms with Gasteiger partial charge in [-0.25, -0.2) is 9.97 Å². The van der Waals surface area contributed by atoms with Gasteiger partial charge in [0.05, 0.1) is 12.5 Å². The number of nitrogens with one attached hydrogen (secondary N) is 1. The number of benzene rings is 1. The van der Waals surface area contributed by atoms with Crippen LogP contribution in [0.15, 0.2) is 30.3 Å². The van der Waals surface area contributed by atoms with Gasteiger partial charge < -0.3 is 10.4 Å². The number of carboxylic acid groups (broad SMARTS) is 1. The molecular weight excluding hydrogens is 351 g/mol. The topological polar surface area (TPSA) is 92.2 Å². The molecule has 1 atom stereocenters. The Hall–Kier alpha value is -2.97. The van der Waals surface area contributed by atoms with Gasteiger partial charge in [-0.2, -0.15) is 13.2 Å². The van der Waals surface area contributed by atoms with E-state index in [1.165, 1.54) is 6.92 Å². The highest BCUT2D eigenvalue weighted by atomic mass is 19.4. The number of carboxylic acids is 1. The Morgan fingerprint density at radius 3 is 2.42 bits per heavy atom. The number of aliphatic carboxylic acids is 1. The maximum atomic E-state index is 12.8. The van der Waals surface area contributed by atoms with E-state index in [-0.39, 0.29) is 5.69 Å². The van der Waals surface area contributed by atoms with Crippen LogP contribution in [0.4, 0.5) is 13.2 Å². The Morgan fingerprint density at radius 1 is 1.19 bits per heavy atom. The van der Waals surface area contributed by atoms with Crippen LogP contribution in [0, 0.1) is 13.8 Å². The van der Waals surface area contributed by atoms with Gasteiger partial charge in [0.15, 0.2) is 0 Å². The van der Waals surface area contributed by atoms with Gasteiger partial charge in [0, 0.05) is 5.69 Å². The molecule has 1 aromatic carbocycles. The van der Waals surface area contributed by atoms with E-state index >= 15 is 0 Å². The van der Waals surface area contributed by atoms with E-state index < -0.39 is 42.0 Å². The first kappa shape index (κ1) is 19.4. The summed E-state index contributed by atoms with van der Waals surface area (Å²) in [6, 6.07) is 7.02. The zero-order valence-corrected chi connectivity index (χ0v) is 14.0. The third-order valence-corrected chi connectivity index (χ3v) is 3.59. The SMILES string of the molecule is Cc1cc(C(=O)NC(CC(=O)O)c2ccccc2C)nc(C(F)(F)F)n1. The molecule has 0 aliphatic heterocycles. The molecule has 1 heterocycles. The maximum absolute atomic E-state index is 12.8. The van der Waals surface area contributed by atoms with Crippen molar-refractivity contribution in [2.24, 2.45) is 0 Å². The number of rotatable bonds is 5. The van der Waals surface area contributed by atoms with Crippen molar-refractivity contribution >= 4 is 11.9 Å². The van der Waals surface area contributed by atoms with Gasteiger partial charge in [-0.3, -0.25) is 9.59 Å². The summed E-state index contributed by atoms with van der Waals surface area (Å²) in [6.07, 6.45) is -5.22. The normalized spacial score (nSPS) is 12.5. The first-order valence-corrected chi connectivity index (χ1v) is 7.59. The highest BCUT2D eigenvalue weighted by molar-refractivity contribution is 5.93. The van der Waals surface area contributed by atoms with Crippen molar-refractivity contribution in [2.45, 2.75) is 32.5 Å². The van der Waals surface area contributed by atoms with Crippen LogP contribution >= 0.6 is 0 Å². The quantitative estimate of drug-likeness (QED) is 0.847. The molecule has 1 amide bonds. The number of halogens is 3. The monoisotopic (exact) mass is 367 g/mol. The average molecular weight is 367 g/mol. The molecule has 1 unspecified atom stereocenters. The zero-order valence-electron chi connectivity index (χ0n) is 14.0. The number of nitrogens with zero attached hydrogens (tertiary/aromatic N) is 2. The van der Waals surface area contributed by atoms with Crippen molar-refractivity contribution in [2.75, 3.05) is 0 Å². The second kappa shape index (κ2) is 7.51. The molecule has 1 aromatic heterocycles. The van der Waals surface area contributed by atoms with E-state index in [0.29, 0.717) is 5.56 Å². The second-order valence-corrected chi connectivity index (χ2v) is 5.70. The first-order chi connectivity index (χ1) is 12.1. The fourth-order valence-electron chi connectivity index (χ4n) is 2.43. The highest BCUT2D eigenvalue weighted by Crippen LogP contribution is 2.26. The standard InChI is InChI=1S/C17H16F3N3O3/c1-9-5-3-4-6-11(9)12(8-14(24)25)22-15(26)13-7-10(2)21-16(23-13)17(18,19)20/h3-7,12H,8H2,1-2H3,(H,22,26)(H,24,25). The lowest BCUT2D eigenvalue weighted by Gasteiger charge is -2.19. The third kappa shape index (κ3) is 4.78. The molecule has 0 bridgehead atoms. The van der Waals surface area contributed by atoms with E-state index in [1.54, 1.807) is 31.2 Å². The number of amides is 1.